The Hall–Kier alpha value is -0.240. The van der Waals surface area contributed by atoms with Crippen LogP contribution in [0.4, 0.5) is 0 Å². The number of hydroxylamine groups is 2. The second-order valence-electron chi connectivity index (χ2n) is 1.76. The second kappa shape index (κ2) is 10.8. The van der Waals surface area contributed by atoms with Gasteiger partial charge < -0.3 is 16.4 Å². The molecule has 0 saturated carbocycles. The van der Waals surface area contributed by atoms with Gasteiger partial charge in [-0.25, -0.2) is 0 Å². The van der Waals surface area contributed by atoms with Gasteiger partial charge in [0.15, 0.2) is 0 Å². The molecule has 6 heteroatoms. The first-order valence-corrected chi connectivity index (χ1v) is 3.60. The summed E-state index contributed by atoms with van der Waals surface area (Å²) in [5.41, 5.74) is 0. The fraction of sp³-hybridized carbons (Fsp3) is 1.00. The van der Waals surface area contributed by atoms with E-state index in [9.17, 15) is 0 Å². The molecule has 0 aromatic carbocycles. The molecule has 0 saturated heterocycles. The van der Waals surface area contributed by atoms with Crippen molar-refractivity contribution in [1.82, 2.24) is 11.4 Å². The molecule has 0 bridgehead atoms. The highest BCUT2D eigenvalue weighted by Crippen LogP contribution is 1.90. The van der Waals surface area contributed by atoms with Crippen LogP contribution >= 0.6 is 0 Å². The number of rotatable bonds is 7. The zero-order valence-electron chi connectivity index (χ0n) is 7.40. The minimum Gasteiger partial charge on any atom is -0.394 e. The van der Waals surface area contributed by atoms with E-state index in [4.69, 9.17) is 19.9 Å². The van der Waals surface area contributed by atoms with Crippen molar-refractivity contribution < 1.29 is 19.9 Å². The maximum absolute atomic E-state index is 8.38. The summed E-state index contributed by atoms with van der Waals surface area (Å²) in [6.07, 6.45) is 0. The first kappa shape index (κ1) is 14.3. The quantitative estimate of drug-likeness (QED) is 0.451. The third-order valence-corrected chi connectivity index (χ3v) is 0.911. The van der Waals surface area contributed by atoms with E-state index in [-0.39, 0.29) is 32.6 Å². The smallest absolute Gasteiger partial charge is 0.0942 e. The highest BCUT2D eigenvalue weighted by molar-refractivity contribution is 4.24. The minimum atomic E-state index is -0.0427. The molecule has 0 aliphatic heterocycles. The van der Waals surface area contributed by atoms with Gasteiger partial charge in [0, 0.05) is 6.54 Å². The van der Waals surface area contributed by atoms with Gasteiger partial charge in [0.25, 0.3) is 0 Å². The lowest BCUT2D eigenvalue weighted by molar-refractivity contribution is -0.369. The normalized spacial score (nSPS) is 10.0. The van der Waals surface area contributed by atoms with Crippen molar-refractivity contribution in [2.24, 2.45) is 0 Å². The van der Waals surface area contributed by atoms with Crippen LogP contribution < -0.4 is 6.15 Å². The molecule has 0 unspecified atom stereocenters. The standard InChI is InChI=1S/C6H15NO4.H3N/c1-2-7(10-5-3-8)11-6-4-9;/h8-9H,2-6H2,1H3;1H3. The Labute approximate surface area is 72.2 Å². The molecule has 0 amide bonds. The molecular weight excluding hydrogens is 164 g/mol. The maximum atomic E-state index is 8.38. The van der Waals surface area contributed by atoms with Gasteiger partial charge in [-0.3, -0.25) is 9.68 Å². The van der Waals surface area contributed by atoms with Crippen molar-refractivity contribution in [1.29, 1.82) is 0 Å². The summed E-state index contributed by atoms with van der Waals surface area (Å²) in [7, 11) is 0. The Bertz CT molecular complexity index is 75.9. The van der Waals surface area contributed by atoms with Crippen LogP contribution in [0.3, 0.4) is 0 Å². The van der Waals surface area contributed by atoms with Gasteiger partial charge in [-0.2, -0.15) is 0 Å². The van der Waals surface area contributed by atoms with Gasteiger partial charge in [-0.15, -0.1) is 0 Å². The van der Waals surface area contributed by atoms with E-state index >= 15 is 0 Å². The summed E-state index contributed by atoms with van der Waals surface area (Å²) < 4.78 is 0. The van der Waals surface area contributed by atoms with Crippen LogP contribution in [0.5, 0.6) is 0 Å². The maximum Gasteiger partial charge on any atom is 0.0942 e. The summed E-state index contributed by atoms with van der Waals surface area (Å²) in [6, 6.07) is 0. The topological polar surface area (TPSA) is 97.2 Å². The molecule has 0 aliphatic carbocycles. The Kier molecular flexibility index (Phi) is 12.8. The van der Waals surface area contributed by atoms with Crippen molar-refractivity contribution >= 4 is 0 Å². The molecule has 0 rings (SSSR count). The van der Waals surface area contributed by atoms with Crippen molar-refractivity contribution in [3.8, 4) is 0 Å². The number of nitrogens with zero attached hydrogens (tertiary/aromatic N) is 1. The van der Waals surface area contributed by atoms with Crippen LogP contribution in [-0.4, -0.2) is 48.4 Å². The minimum absolute atomic E-state index is 0. The fourth-order valence-corrected chi connectivity index (χ4v) is 0.505. The Balaban J connectivity index is 0. The third-order valence-electron chi connectivity index (χ3n) is 0.911. The zero-order chi connectivity index (χ0) is 8.53. The Morgan fingerprint density at radius 3 is 1.75 bits per heavy atom. The van der Waals surface area contributed by atoms with Gasteiger partial charge in [-0.05, 0) is 6.92 Å². The van der Waals surface area contributed by atoms with Gasteiger partial charge in [0.2, 0.25) is 0 Å². The van der Waals surface area contributed by atoms with E-state index in [0.717, 1.165) is 0 Å². The van der Waals surface area contributed by atoms with Gasteiger partial charge in [0.1, 0.15) is 0 Å². The average Bonchev–Trinajstić information content (AvgIpc) is 2.05. The molecule has 0 heterocycles. The van der Waals surface area contributed by atoms with E-state index < -0.39 is 0 Å². The lowest BCUT2D eigenvalue weighted by atomic mass is 10.8. The SMILES string of the molecule is CCN(OCCO)OCCO.N. The van der Waals surface area contributed by atoms with E-state index in [1.807, 2.05) is 6.92 Å². The molecule has 0 radical (unpaired) electrons. The molecule has 0 spiro atoms. The summed E-state index contributed by atoms with van der Waals surface area (Å²) in [6.45, 7) is 2.73. The molecule has 5 N–H and O–H groups in total. The molecular formula is C6H18N2O4. The first-order valence-electron chi connectivity index (χ1n) is 3.60. The van der Waals surface area contributed by atoms with Crippen LogP contribution in [0.2, 0.25) is 0 Å². The monoisotopic (exact) mass is 182 g/mol. The van der Waals surface area contributed by atoms with Crippen molar-refractivity contribution in [2.45, 2.75) is 6.92 Å². The molecule has 0 aliphatic rings. The Morgan fingerprint density at radius 2 is 1.50 bits per heavy atom. The highest BCUT2D eigenvalue weighted by atomic mass is 16.9. The third kappa shape index (κ3) is 7.86. The molecule has 0 atom stereocenters. The van der Waals surface area contributed by atoms with Crippen molar-refractivity contribution in [2.75, 3.05) is 33.0 Å². The molecule has 0 aromatic rings. The van der Waals surface area contributed by atoms with E-state index in [1.165, 1.54) is 5.23 Å². The van der Waals surface area contributed by atoms with Crippen LogP contribution in [0.15, 0.2) is 0 Å². The van der Waals surface area contributed by atoms with Crippen molar-refractivity contribution in [3.63, 3.8) is 0 Å². The van der Waals surface area contributed by atoms with Gasteiger partial charge in [0.05, 0.1) is 26.4 Å². The summed E-state index contributed by atoms with van der Waals surface area (Å²) >= 11 is 0. The molecule has 6 nitrogen and oxygen atoms in total. The van der Waals surface area contributed by atoms with Crippen LogP contribution in [0.1, 0.15) is 6.92 Å². The van der Waals surface area contributed by atoms with Crippen LogP contribution in [0.25, 0.3) is 0 Å². The predicted molar refractivity (Wildman–Crippen MR) is 43.5 cm³/mol. The summed E-state index contributed by atoms with van der Waals surface area (Å²) in [5, 5.41) is 18.0. The van der Waals surface area contributed by atoms with Crippen molar-refractivity contribution in [3.05, 3.63) is 0 Å². The molecule has 12 heavy (non-hydrogen) atoms. The second-order valence-corrected chi connectivity index (χ2v) is 1.76. The lowest BCUT2D eigenvalue weighted by Gasteiger charge is -2.17. The predicted octanol–water partition coefficient (Wildman–Crippen LogP) is -0.682. The summed E-state index contributed by atoms with van der Waals surface area (Å²) in [4.78, 5) is 9.78. The van der Waals surface area contributed by atoms with E-state index in [0.29, 0.717) is 6.54 Å². The molecule has 0 fully saturated rings. The fourth-order valence-electron chi connectivity index (χ4n) is 0.505. The molecule has 76 valence electrons. The number of hydrogen-bond acceptors (Lipinski definition) is 6. The van der Waals surface area contributed by atoms with E-state index in [1.54, 1.807) is 0 Å². The van der Waals surface area contributed by atoms with Gasteiger partial charge in [-0.1, -0.05) is 5.23 Å². The number of aliphatic hydroxyl groups excluding tert-OH is 2. The Morgan fingerprint density at radius 1 is 1.08 bits per heavy atom. The summed E-state index contributed by atoms with van der Waals surface area (Å²) in [5.74, 6) is 0. The largest absolute Gasteiger partial charge is 0.394 e. The highest BCUT2D eigenvalue weighted by Gasteiger charge is 2.00. The zero-order valence-corrected chi connectivity index (χ0v) is 7.40. The van der Waals surface area contributed by atoms with E-state index in [2.05, 4.69) is 0 Å². The average molecular weight is 182 g/mol. The first-order chi connectivity index (χ1) is 5.35. The number of hydrogen-bond donors (Lipinski definition) is 3. The number of aliphatic hydroxyl groups is 2. The molecule has 0 aromatic heterocycles. The van der Waals surface area contributed by atoms with Gasteiger partial charge >= 0.3 is 0 Å². The lowest BCUT2D eigenvalue weighted by Crippen LogP contribution is -2.26. The van der Waals surface area contributed by atoms with Crippen LogP contribution in [0, 0.1) is 0 Å². The van der Waals surface area contributed by atoms with Crippen LogP contribution in [-0.2, 0) is 9.68 Å².